The summed E-state index contributed by atoms with van der Waals surface area (Å²) in [7, 11) is 0. The standard InChI is InChI=1S/C12H17BrN2O/c1-4-10(12(14)16)15-11-8(3)5-7(2)6-9(11)13/h5-6,10,15H,4H2,1-3H3,(H2,14,16). The van der Waals surface area contributed by atoms with Crippen molar-refractivity contribution in [1.29, 1.82) is 0 Å². The van der Waals surface area contributed by atoms with Crippen LogP contribution in [-0.2, 0) is 4.79 Å². The first-order chi connectivity index (χ1) is 7.45. The van der Waals surface area contributed by atoms with E-state index < -0.39 is 0 Å². The fourth-order valence-electron chi connectivity index (χ4n) is 1.65. The van der Waals surface area contributed by atoms with Crippen molar-refractivity contribution in [3.05, 3.63) is 27.7 Å². The quantitative estimate of drug-likeness (QED) is 0.893. The van der Waals surface area contributed by atoms with E-state index in [0.717, 1.165) is 15.7 Å². The average molecular weight is 285 g/mol. The number of rotatable bonds is 4. The Morgan fingerprint density at radius 2 is 2.12 bits per heavy atom. The lowest BCUT2D eigenvalue weighted by Gasteiger charge is -2.18. The summed E-state index contributed by atoms with van der Waals surface area (Å²) in [5.74, 6) is -0.325. The van der Waals surface area contributed by atoms with Crippen LogP contribution in [0.1, 0.15) is 24.5 Å². The van der Waals surface area contributed by atoms with Gasteiger partial charge in [-0.2, -0.15) is 0 Å². The number of aryl methyl sites for hydroxylation is 2. The lowest BCUT2D eigenvalue weighted by atomic mass is 10.1. The molecule has 0 saturated carbocycles. The molecule has 4 heteroatoms. The van der Waals surface area contributed by atoms with Crippen LogP contribution < -0.4 is 11.1 Å². The lowest BCUT2D eigenvalue weighted by Crippen LogP contribution is -2.35. The Labute approximate surface area is 105 Å². The molecular weight excluding hydrogens is 268 g/mol. The summed E-state index contributed by atoms with van der Waals surface area (Å²) in [6, 6.07) is 3.77. The second kappa shape index (κ2) is 5.34. The van der Waals surface area contributed by atoms with Crippen molar-refractivity contribution < 1.29 is 4.79 Å². The van der Waals surface area contributed by atoms with Gasteiger partial charge in [0.15, 0.2) is 0 Å². The Kier molecular flexibility index (Phi) is 4.35. The van der Waals surface area contributed by atoms with E-state index in [4.69, 9.17) is 5.73 Å². The Hall–Kier alpha value is -1.03. The number of benzene rings is 1. The van der Waals surface area contributed by atoms with Gasteiger partial charge in [-0.05, 0) is 53.4 Å². The Morgan fingerprint density at radius 1 is 1.50 bits per heavy atom. The number of primary amides is 1. The fraction of sp³-hybridized carbons (Fsp3) is 0.417. The van der Waals surface area contributed by atoms with Crippen LogP contribution >= 0.6 is 15.9 Å². The molecule has 1 atom stereocenters. The smallest absolute Gasteiger partial charge is 0.239 e. The van der Waals surface area contributed by atoms with Crippen molar-refractivity contribution in [1.82, 2.24) is 0 Å². The predicted octanol–water partition coefficient (Wildman–Crippen LogP) is 2.74. The molecule has 1 amide bonds. The molecule has 0 aliphatic rings. The van der Waals surface area contributed by atoms with E-state index in [-0.39, 0.29) is 11.9 Å². The number of nitrogens with two attached hydrogens (primary N) is 1. The molecule has 0 aliphatic heterocycles. The van der Waals surface area contributed by atoms with Crippen LogP contribution in [0.5, 0.6) is 0 Å². The van der Waals surface area contributed by atoms with Gasteiger partial charge in [0, 0.05) is 4.47 Å². The van der Waals surface area contributed by atoms with Crippen LogP contribution in [0.4, 0.5) is 5.69 Å². The van der Waals surface area contributed by atoms with E-state index >= 15 is 0 Å². The molecule has 0 saturated heterocycles. The molecule has 0 heterocycles. The van der Waals surface area contributed by atoms with E-state index in [1.165, 1.54) is 5.56 Å². The molecule has 3 N–H and O–H groups in total. The molecular formula is C12H17BrN2O. The Morgan fingerprint density at radius 3 is 2.56 bits per heavy atom. The zero-order valence-corrected chi connectivity index (χ0v) is 11.4. The molecule has 1 aromatic carbocycles. The number of nitrogens with one attached hydrogen (secondary N) is 1. The number of carbonyl (C=O) groups is 1. The van der Waals surface area contributed by atoms with Gasteiger partial charge in [0.2, 0.25) is 5.91 Å². The third kappa shape index (κ3) is 2.98. The van der Waals surface area contributed by atoms with Crippen molar-refractivity contribution in [2.45, 2.75) is 33.2 Å². The molecule has 1 rings (SSSR count). The SMILES string of the molecule is CCC(Nc1c(C)cc(C)cc1Br)C(N)=O. The normalized spacial score (nSPS) is 12.2. The summed E-state index contributed by atoms with van der Waals surface area (Å²) >= 11 is 3.49. The van der Waals surface area contributed by atoms with Crippen molar-refractivity contribution in [2.24, 2.45) is 5.73 Å². The molecule has 16 heavy (non-hydrogen) atoms. The van der Waals surface area contributed by atoms with Crippen LogP contribution in [0.2, 0.25) is 0 Å². The first kappa shape index (κ1) is 13.0. The molecule has 1 aromatic rings. The van der Waals surface area contributed by atoms with Gasteiger partial charge in [-0.15, -0.1) is 0 Å². The highest BCUT2D eigenvalue weighted by atomic mass is 79.9. The maximum absolute atomic E-state index is 11.2. The molecule has 0 aromatic heterocycles. The predicted molar refractivity (Wildman–Crippen MR) is 70.5 cm³/mol. The fourth-order valence-corrected chi connectivity index (χ4v) is 2.44. The lowest BCUT2D eigenvalue weighted by molar-refractivity contribution is -0.118. The second-order valence-corrected chi connectivity index (χ2v) is 4.80. The van der Waals surface area contributed by atoms with Crippen LogP contribution in [0, 0.1) is 13.8 Å². The van der Waals surface area contributed by atoms with Crippen LogP contribution in [0.15, 0.2) is 16.6 Å². The van der Waals surface area contributed by atoms with Gasteiger partial charge in [0.1, 0.15) is 6.04 Å². The minimum atomic E-state index is -0.325. The van der Waals surface area contributed by atoms with Gasteiger partial charge < -0.3 is 11.1 Å². The van der Waals surface area contributed by atoms with Crippen molar-refractivity contribution in [3.8, 4) is 0 Å². The van der Waals surface area contributed by atoms with Gasteiger partial charge >= 0.3 is 0 Å². The first-order valence-electron chi connectivity index (χ1n) is 5.28. The Balaban J connectivity index is 3.01. The molecule has 0 bridgehead atoms. The van der Waals surface area contributed by atoms with Crippen LogP contribution in [0.25, 0.3) is 0 Å². The van der Waals surface area contributed by atoms with E-state index in [9.17, 15) is 4.79 Å². The highest BCUT2D eigenvalue weighted by molar-refractivity contribution is 9.10. The minimum Gasteiger partial charge on any atom is -0.373 e. The second-order valence-electron chi connectivity index (χ2n) is 3.95. The topological polar surface area (TPSA) is 55.1 Å². The highest BCUT2D eigenvalue weighted by Crippen LogP contribution is 2.28. The van der Waals surface area contributed by atoms with Crippen molar-refractivity contribution in [2.75, 3.05) is 5.32 Å². The molecule has 88 valence electrons. The maximum Gasteiger partial charge on any atom is 0.239 e. The minimum absolute atomic E-state index is 0.322. The Bertz CT molecular complexity index is 381. The molecule has 3 nitrogen and oxygen atoms in total. The monoisotopic (exact) mass is 284 g/mol. The van der Waals surface area contributed by atoms with Crippen LogP contribution in [0.3, 0.4) is 0 Å². The molecule has 1 unspecified atom stereocenters. The molecule has 0 radical (unpaired) electrons. The van der Waals surface area contributed by atoms with E-state index in [0.29, 0.717) is 6.42 Å². The van der Waals surface area contributed by atoms with E-state index in [1.54, 1.807) is 0 Å². The summed E-state index contributed by atoms with van der Waals surface area (Å²) in [5.41, 5.74) is 8.54. The molecule has 0 spiro atoms. The average Bonchev–Trinajstić information content (AvgIpc) is 2.15. The van der Waals surface area contributed by atoms with Crippen molar-refractivity contribution >= 4 is 27.5 Å². The number of carbonyl (C=O) groups excluding carboxylic acids is 1. The van der Waals surface area contributed by atoms with Gasteiger partial charge in [-0.3, -0.25) is 4.79 Å². The summed E-state index contributed by atoms with van der Waals surface area (Å²) in [6.07, 6.45) is 0.676. The first-order valence-corrected chi connectivity index (χ1v) is 6.07. The van der Waals surface area contributed by atoms with Crippen LogP contribution in [-0.4, -0.2) is 11.9 Å². The summed E-state index contributed by atoms with van der Waals surface area (Å²) in [5, 5.41) is 3.17. The maximum atomic E-state index is 11.2. The van der Waals surface area contributed by atoms with Gasteiger partial charge in [-0.1, -0.05) is 13.0 Å². The zero-order chi connectivity index (χ0) is 12.3. The number of amides is 1. The number of hydrogen-bond donors (Lipinski definition) is 2. The highest BCUT2D eigenvalue weighted by Gasteiger charge is 2.15. The van der Waals surface area contributed by atoms with E-state index in [2.05, 4.69) is 27.3 Å². The molecule has 0 fully saturated rings. The summed E-state index contributed by atoms with van der Waals surface area (Å²) in [4.78, 5) is 11.2. The summed E-state index contributed by atoms with van der Waals surface area (Å²) in [6.45, 7) is 5.97. The van der Waals surface area contributed by atoms with Gasteiger partial charge in [0.25, 0.3) is 0 Å². The third-order valence-electron chi connectivity index (χ3n) is 2.50. The number of hydrogen-bond acceptors (Lipinski definition) is 2. The number of halogens is 1. The van der Waals surface area contributed by atoms with E-state index in [1.807, 2.05) is 26.8 Å². The zero-order valence-electron chi connectivity index (χ0n) is 9.80. The van der Waals surface area contributed by atoms with Gasteiger partial charge in [-0.25, -0.2) is 0 Å². The number of anilines is 1. The molecule has 0 aliphatic carbocycles. The largest absolute Gasteiger partial charge is 0.373 e. The van der Waals surface area contributed by atoms with Gasteiger partial charge in [0.05, 0.1) is 5.69 Å². The third-order valence-corrected chi connectivity index (χ3v) is 3.13. The van der Waals surface area contributed by atoms with Crippen molar-refractivity contribution in [3.63, 3.8) is 0 Å². The summed E-state index contributed by atoms with van der Waals surface area (Å²) < 4.78 is 0.963.